The minimum absolute atomic E-state index is 0.0304. The molecule has 6 heteroatoms. The Balaban J connectivity index is 2.54. The Labute approximate surface area is 129 Å². The molecular weight excluding hydrogens is 293 g/mol. The van der Waals surface area contributed by atoms with Gasteiger partial charge in [-0.05, 0) is 31.0 Å². The number of nitrogens with two attached hydrogens (primary N) is 1. The first-order valence-corrected chi connectivity index (χ1v) is 7.45. The van der Waals surface area contributed by atoms with Gasteiger partial charge in [-0.15, -0.1) is 0 Å². The Hall–Kier alpha value is -1.56. The zero-order valence-corrected chi connectivity index (χ0v) is 12.8. The monoisotopic (exact) mass is 316 g/mol. The van der Waals surface area contributed by atoms with Crippen LogP contribution in [0, 0.1) is 0 Å². The minimum Gasteiger partial charge on any atom is -0.341 e. The van der Waals surface area contributed by atoms with Crippen molar-refractivity contribution >= 4 is 5.91 Å². The van der Waals surface area contributed by atoms with E-state index in [0.29, 0.717) is 13.0 Å². The number of unbranched alkanes of at least 4 members (excludes halogenated alkanes) is 3. The SMILES string of the molecule is CN(Cc1ccccc1C(F)(F)F)C(=O)CCCCCCN. The van der Waals surface area contributed by atoms with Crippen molar-refractivity contribution in [3.05, 3.63) is 35.4 Å². The van der Waals surface area contributed by atoms with E-state index in [9.17, 15) is 18.0 Å². The van der Waals surface area contributed by atoms with Crippen LogP contribution in [0.15, 0.2) is 24.3 Å². The van der Waals surface area contributed by atoms with Crippen molar-refractivity contribution in [2.45, 2.75) is 44.8 Å². The summed E-state index contributed by atoms with van der Waals surface area (Å²) in [5.74, 6) is -0.135. The third kappa shape index (κ3) is 6.05. The maximum absolute atomic E-state index is 12.9. The van der Waals surface area contributed by atoms with Crippen molar-refractivity contribution in [3.63, 3.8) is 0 Å². The predicted octanol–water partition coefficient (Wildman–Crippen LogP) is 3.57. The maximum Gasteiger partial charge on any atom is 0.416 e. The van der Waals surface area contributed by atoms with Crippen molar-refractivity contribution in [3.8, 4) is 0 Å². The molecule has 0 unspecified atom stereocenters. The highest BCUT2D eigenvalue weighted by Crippen LogP contribution is 2.32. The van der Waals surface area contributed by atoms with E-state index in [0.717, 1.165) is 31.7 Å². The van der Waals surface area contributed by atoms with E-state index < -0.39 is 11.7 Å². The Morgan fingerprint density at radius 2 is 1.77 bits per heavy atom. The van der Waals surface area contributed by atoms with Crippen LogP contribution in [0.25, 0.3) is 0 Å². The van der Waals surface area contributed by atoms with Crippen LogP contribution in [0.5, 0.6) is 0 Å². The lowest BCUT2D eigenvalue weighted by Gasteiger charge is -2.20. The highest BCUT2D eigenvalue weighted by atomic mass is 19.4. The van der Waals surface area contributed by atoms with Crippen LogP contribution in [-0.4, -0.2) is 24.4 Å². The molecule has 0 fully saturated rings. The number of hydrogen-bond acceptors (Lipinski definition) is 2. The fourth-order valence-corrected chi connectivity index (χ4v) is 2.24. The van der Waals surface area contributed by atoms with E-state index in [1.165, 1.54) is 24.1 Å². The third-order valence-corrected chi connectivity index (χ3v) is 3.50. The number of hydrogen-bond donors (Lipinski definition) is 1. The number of alkyl halides is 3. The summed E-state index contributed by atoms with van der Waals surface area (Å²) in [4.78, 5) is 13.3. The van der Waals surface area contributed by atoms with E-state index in [4.69, 9.17) is 5.73 Å². The summed E-state index contributed by atoms with van der Waals surface area (Å²) in [6.45, 7) is 0.611. The molecule has 1 amide bonds. The van der Waals surface area contributed by atoms with E-state index >= 15 is 0 Å². The fraction of sp³-hybridized carbons (Fsp3) is 0.562. The van der Waals surface area contributed by atoms with Crippen molar-refractivity contribution in [2.24, 2.45) is 5.73 Å². The average Bonchev–Trinajstić information content (AvgIpc) is 2.46. The van der Waals surface area contributed by atoms with Crippen LogP contribution in [0.2, 0.25) is 0 Å². The molecule has 0 aliphatic carbocycles. The predicted molar refractivity (Wildman–Crippen MR) is 80.1 cm³/mol. The second kappa shape index (κ2) is 8.78. The molecule has 0 aliphatic heterocycles. The smallest absolute Gasteiger partial charge is 0.341 e. The van der Waals surface area contributed by atoms with Gasteiger partial charge in [-0.25, -0.2) is 0 Å². The van der Waals surface area contributed by atoms with Crippen molar-refractivity contribution < 1.29 is 18.0 Å². The van der Waals surface area contributed by atoms with Gasteiger partial charge < -0.3 is 10.6 Å². The zero-order chi connectivity index (χ0) is 16.6. The summed E-state index contributed by atoms with van der Waals surface area (Å²) in [5, 5.41) is 0. The van der Waals surface area contributed by atoms with Gasteiger partial charge >= 0.3 is 6.18 Å². The van der Waals surface area contributed by atoms with E-state index in [1.807, 2.05) is 0 Å². The lowest BCUT2D eigenvalue weighted by atomic mass is 10.1. The normalized spacial score (nSPS) is 11.5. The summed E-state index contributed by atoms with van der Waals surface area (Å²) < 4.78 is 38.7. The zero-order valence-electron chi connectivity index (χ0n) is 12.8. The standard InChI is InChI=1S/C16H23F3N2O/c1-21(15(22)10-4-2-3-7-11-20)12-13-8-5-6-9-14(13)16(17,18)19/h5-6,8-9H,2-4,7,10-12,20H2,1H3. The summed E-state index contributed by atoms with van der Waals surface area (Å²) in [6, 6.07) is 5.36. The lowest BCUT2D eigenvalue weighted by Crippen LogP contribution is -2.27. The number of halogens is 3. The van der Waals surface area contributed by atoms with E-state index in [-0.39, 0.29) is 18.0 Å². The number of carbonyl (C=O) groups excluding carboxylic acids is 1. The molecule has 0 saturated carbocycles. The van der Waals surface area contributed by atoms with Crippen LogP contribution in [0.4, 0.5) is 13.2 Å². The molecule has 0 bridgehead atoms. The van der Waals surface area contributed by atoms with Crippen LogP contribution in [0.1, 0.15) is 43.2 Å². The Morgan fingerprint density at radius 1 is 1.14 bits per heavy atom. The molecule has 1 rings (SSSR count). The van der Waals surface area contributed by atoms with Gasteiger partial charge in [-0.1, -0.05) is 31.0 Å². The van der Waals surface area contributed by atoms with Crippen molar-refractivity contribution in [1.82, 2.24) is 4.90 Å². The summed E-state index contributed by atoms with van der Waals surface area (Å²) >= 11 is 0. The molecule has 0 heterocycles. The molecule has 22 heavy (non-hydrogen) atoms. The third-order valence-electron chi connectivity index (χ3n) is 3.50. The van der Waals surface area contributed by atoms with Gasteiger partial charge in [0.1, 0.15) is 0 Å². The first kappa shape index (κ1) is 18.5. The molecule has 0 atom stereocenters. The van der Waals surface area contributed by atoms with Gasteiger partial charge in [-0.3, -0.25) is 4.79 Å². The molecule has 0 aromatic heterocycles. The highest BCUT2D eigenvalue weighted by molar-refractivity contribution is 5.75. The Morgan fingerprint density at radius 3 is 2.41 bits per heavy atom. The molecule has 1 aromatic carbocycles. The summed E-state index contributed by atoms with van der Waals surface area (Å²) in [7, 11) is 1.54. The summed E-state index contributed by atoms with van der Waals surface area (Å²) in [5.41, 5.74) is 4.82. The number of carbonyl (C=O) groups is 1. The quantitative estimate of drug-likeness (QED) is 0.745. The van der Waals surface area contributed by atoms with Gasteiger partial charge in [0, 0.05) is 20.0 Å². The molecule has 0 saturated heterocycles. The first-order valence-electron chi connectivity index (χ1n) is 7.45. The molecule has 124 valence electrons. The topological polar surface area (TPSA) is 46.3 Å². The van der Waals surface area contributed by atoms with Crippen LogP contribution >= 0.6 is 0 Å². The summed E-state index contributed by atoms with van der Waals surface area (Å²) in [6.07, 6.45) is -0.481. The molecule has 0 aliphatic rings. The number of nitrogens with zero attached hydrogens (tertiary/aromatic N) is 1. The van der Waals surface area contributed by atoms with Crippen LogP contribution < -0.4 is 5.73 Å². The number of amides is 1. The average molecular weight is 316 g/mol. The molecule has 2 N–H and O–H groups in total. The van der Waals surface area contributed by atoms with Gasteiger partial charge in [0.2, 0.25) is 5.91 Å². The van der Waals surface area contributed by atoms with Gasteiger partial charge in [0.25, 0.3) is 0 Å². The van der Waals surface area contributed by atoms with E-state index in [2.05, 4.69) is 0 Å². The second-order valence-electron chi connectivity index (χ2n) is 5.36. The molecule has 3 nitrogen and oxygen atoms in total. The van der Waals surface area contributed by atoms with Gasteiger partial charge in [0.15, 0.2) is 0 Å². The molecular formula is C16H23F3N2O. The molecule has 1 aromatic rings. The minimum atomic E-state index is -4.40. The second-order valence-corrected chi connectivity index (χ2v) is 5.36. The van der Waals surface area contributed by atoms with Crippen LogP contribution in [-0.2, 0) is 17.5 Å². The fourth-order valence-electron chi connectivity index (χ4n) is 2.24. The number of rotatable bonds is 8. The number of benzene rings is 1. The molecule has 0 spiro atoms. The largest absolute Gasteiger partial charge is 0.416 e. The Kier molecular flexibility index (Phi) is 7.38. The maximum atomic E-state index is 12.9. The van der Waals surface area contributed by atoms with Crippen molar-refractivity contribution in [2.75, 3.05) is 13.6 Å². The van der Waals surface area contributed by atoms with Gasteiger partial charge in [0.05, 0.1) is 5.56 Å². The highest BCUT2D eigenvalue weighted by Gasteiger charge is 2.33. The van der Waals surface area contributed by atoms with Crippen molar-refractivity contribution in [1.29, 1.82) is 0 Å². The first-order chi connectivity index (χ1) is 10.4. The van der Waals surface area contributed by atoms with Crippen LogP contribution in [0.3, 0.4) is 0 Å². The van der Waals surface area contributed by atoms with Gasteiger partial charge in [-0.2, -0.15) is 13.2 Å². The Bertz CT molecular complexity index is 475. The van der Waals surface area contributed by atoms with E-state index in [1.54, 1.807) is 6.07 Å². The lowest BCUT2D eigenvalue weighted by molar-refractivity contribution is -0.139. The molecule has 0 radical (unpaired) electrons.